The number of nitrogens with zero attached hydrogens (tertiary/aromatic N) is 2. The van der Waals surface area contributed by atoms with Crippen LogP contribution in [0.3, 0.4) is 0 Å². The number of amides is 1. The van der Waals surface area contributed by atoms with Crippen LogP contribution in [0.25, 0.3) is 16.1 Å². The molecule has 6 nitrogen and oxygen atoms in total. The number of benzene rings is 1. The molecule has 23 heavy (non-hydrogen) atoms. The Kier molecular flexibility index (Phi) is 4.70. The summed E-state index contributed by atoms with van der Waals surface area (Å²) in [4.78, 5) is 15.1. The quantitative estimate of drug-likeness (QED) is 0.848. The summed E-state index contributed by atoms with van der Waals surface area (Å²) in [6.45, 7) is 14.1. The molecule has 0 aliphatic heterocycles. The predicted molar refractivity (Wildman–Crippen MR) is 86.0 cm³/mol. The summed E-state index contributed by atoms with van der Waals surface area (Å²) in [7, 11) is 0. The highest BCUT2D eigenvalue weighted by Crippen LogP contribution is 2.24. The average molecular weight is 313 g/mol. The van der Waals surface area contributed by atoms with E-state index < -0.39 is 11.7 Å². The fourth-order valence-electron chi connectivity index (χ4n) is 1.89. The molecule has 1 amide bonds. The molecule has 0 aliphatic carbocycles. The van der Waals surface area contributed by atoms with Gasteiger partial charge >= 0.3 is 6.09 Å². The number of carbonyl (C=O) groups is 1. The van der Waals surface area contributed by atoms with Crippen molar-refractivity contribution >= 4 is 11.8 Å². The fraction of sp³-hybridized carbons (Fsp3) is 0.353. The lowest BCUT2D eigenvalue weighted by Gasteiger charge is -2.21. The van der Waals surface area contributed by atoms with Crippen LogP contribution in [0.2, 0.25) is 0 Å². The number of ether oxygens (including phenoxy) is 1. The van der Waals surface area contributed by atoms with Crippen LogP contribution < -0.4 is 5.32 Å². The van der Waals surface area contributed by atoms with Crippen LogP contribution >= 0.6 is 0 Å². The van der Waals surface area contributed by atoms with E-state index >= 15 is 0 Å². The molecule has 0 radical (unpaired) electrons. The molecule has 2 aromatic rings. The van der Waals surface area contributed by atoms with Gasteiger partial charge in [-0.05, 0) is 27.7 Å². The van der Waals surface area contributed by atoms with Crippen molar-refractivity contribution in [2.75, 3.05) is 0 Å². The lowest BCUT2D eigenvalue weighted by molar-refractivity contribution is 0.0500. The Morgan fingerprint density at radius 2 is 2.00 bits per heavy atom. The van der Waals surface area contributed by atoms with Gasteiger partial charge in [-0.25, -0.2) is 9.64 Å². The molecule has 0 aliphatic rings. The smallest absolute Gasteiger partial charge is 0.408 e. The van der Waals surface area contributed by atoms with Crippen molar-refractivity contribution in [3.63, 3.8) is 0 Å². The molecule has 2 rings (SSSR count). The highest BCUT2D eigenvalue weighted by molar-refractivity contribution is 5.68. The molecule has 6 heteroatoms. The summed E-state index contributed by atoms with van der Waals surface area (Å²) in [5.41, 5.74) is 1.50. The summed E-state index contributed by atoms with van der Waals surface area (Å²) in [6.07, 6.45) is -0.510. The number of alkyl carbamates (subject to hydrolysis) is 1. The predicted octanol–water partition coefficient (Wildman–Crippen LogP) is 4.48. The van der Waals surface area contributed by atoms with Gasteiger partial charge in [-0.1, -0.05) is 29.4 Å². The molecule has 0 fully saturated rings. The van der Waals surface area contributed by atoms with Gasteiger partial charge in [-0.3, -0.25) is 0 Å². The third-order valence-corrected chi connectivity index (χ3v) is 2.98. The standard InChI is InChI=1S/C17H19N3O3/c1-11(19-16(21)22-17(2,3)4)15-10-14(20-23-15)12-6-8-13(18-5)9-7-12/h6-11H,1-4H3,(H,19,21)/t11-/m0/s1. The molecule has 0 saturated heterocycles. The van der Waals surface area contributed by atoms with Gasteiger partial charge < -0.3 is 14.6 Å². The van der Waals surface area contributed by atoms with E-state index in [2.05, 4.69) is 15.3 Å². The molecule has 0 unspecified atom stereocenters. The van der Waals surface area contributed by atoms with Crippen LogP contribution in [-0.2, 0) is 4.74 Å². The summed E-state index contributed by atoms with van der Waals surface area (Å²) >= 11 is 0. The third-order valence-electron chi connectivity index (χ3n) is 2.98. The molecule has 1 aromatic carbocycles. The van der Waals surface area contributed by atoms with E-state index in [1.165, 1.54) is 0 Å². The number of carbonyl (C=O) groups excluding carboxylic acids is 1. The number of nitrogens with one attached hydrogen (secondary N) is 1. The first-order chi connectivity index (χ1) is 10.8. The van der Waals surface area contributed by atoms with Crippen LogP contribution in [0.5, 0.6) is 0 Å². The van der Waals surface area contributed by atoms with Gasteiger partial charge in [0.25, 0.3) is 0 Å². The number of rotatable bonds is 3. The van der Waals surface area contributed by atoms with E-state index in [1.54, 1.807) is 58.0 Å². The van der Waals surface area contributed by atoms with Gasteiger partial charge in [0.15, 0.2) is 11.4 Å². The first kappa shape index (κ1) is 16.6. The van der Waals surface area contributed by atoms with E-state index in [0.29, 0.717) is 17.1 Å². The molecule has 0 saturated carbocycles. The van der Waals surface area contributed by atoms with Gasteiger partial charge in [-0.2, -0.15) is 0 Å². The average Bonchev–Trinajstić information content (AvgIpc) is 2.95. The van der Waals surface area contributed by atoms with Crippen molar-refractivity contribution < 1.29 is 14.1 Å². The minimum absolute atomic E-state index is 0.367. The summed E-state index contributed by atoms with van der Waals surface area (Å²) in [5, 5.41) is 6.70. The van der Waals surface area contributed by atoms with Gasteiger partial charge in [0.2, 0.25) is 0 Å². The Bertz CT molecular complexity index is 721. The first-order valence-electron chi connectivity index (χ1n) is 7.22. The topological polar surface area (TPSA) is 68.7 Å². The highest BCUT2D eigenvalue weighted by atomic mass is 16.6. The zero-order valence-electron chi connectivity index (χ0n) is 13.6. The van der Waals surface area contributed by atoms with Gasteiger partial charge in [-0.15, -0.1) is 0 Å². The second-order valence-electron chi connectivity index (χ2n) is 6.14. The molecule has 1 aromatic heterocycles. The number of aromatic nitrogens is 1. The van der Waals surface area contributed by atoms with E-state index in [9.17, 15) is 4.79 Å². The Morgan fingerprint density at radius 1 is 1.35 bits per heavy atom. The Morgan fingerprint density at radius 3 is 2.57 bits per heavy atom. The van der Waals surface area contributed by atoms with Crippen LogP contribution in [0.15, 0.2) is 34.9 Å². The van der Waals surface area contributed by atoms with Crippen molar-refractivity contribution in [2.24, 2.45) is 0 Å². The van der Waals surface area contributed by atoms with E-state index in [1.807, 2.05) is 0 Å². The van der Waals surface area contributed by atoms with Crippen LogP contribution in [0.4, 0.5) is 10.5 Å². The normalized spacial score (nSPS) is 12.3. The van der Waals surface area contributed by atoms with Gasteiger partial charge in [0.05, 0.1) is 12.6 Å². The second-order valence-corrected chi connectivity index (χ2v) is 6.14. The summed E-state index contributed by atoms with van der Waals surface area (Å²) in [5.74, 6) is 0.528. The molecule has 120 valence electrons. The summed E-state index contributed by atoms with van der Waals surface area (Å²) < 4.78 is 10.5. The Labute approximate surface area is 135 Å². The SMILES string of the molecule is [C-]#[N+]c1ccc(-c2cc([C@H](C)NC(=O)OC(C)(C)C)on2)cc1. The van der Waals surface area contributed by atoms with Gasteiger partial charge in [0, 0.05) is 11.6 Å². The van der Waals surface area contributed by atoms with E-state index in [-0.39, 0.29) is 6.04 Å². The van der Waals surface area contributed by atoms with E-state index in [4.69, 9.17) is 15.8 Å². The highest BCUT2D eigenvalue weighted by Gasteiger charge is 2.20. The van der Waals surface area contributed by atoms with E-state index in [0.717, 1.165) is 5.56 Å². The third kappa shape index (κ3) is 4.58. The maximum atomic E-state index is 11.8. The number of hydrogen-bond acceptors (Lipinski definition) is 4. The second kappa shape index (κ2) is 6.53. The van der Waals surface area contributed by atoms with Crippen molar-refractivity contribution in [3.8, 4) is 11.3 Å². The number of hydrogen-bond donors (Lipinski definition) is 1. The minimum Gasteiger partial charge on any atom is -0.444 e. The minimum atomic E-state index is -0.555. The molecular formula is C17H19N3O3. The van der Waals surface area contributed by atoms with Gasteiger partial charge in [0.1, 0.15) is 11.3 Å². The van der Waals surface area contributed by atoms with Crippen molar-refractivity contribution in [1.29, 1.82) is 0 Å². The Hall–Kier alpha value is -2.81. The molecule has 1 heterocycles. The maximum Gasteiger partial charge on any atom is 0.408 e. The lowest BCUT2D eigenvalue weighted by atomic mass is 10.1. The molecular weight excluding hydrogens is 294 g/mol. The fourth-order valence-corrected chi connectivity index (χ4v) is 1.89. The Balaban J connectivity index is 2.06. The lowest BCUT2D eigenvalue weighted by Crippen LogP contribution is -2.33. The maximum absolute atomic E-state index is 11.8. The van der Waals surface area contributed by atoms with Crippen LogP contribution in [-0.4, -0.2) is 16.9 Å². The zero-order valence-corrected chi connectivity index (χ0v) is 13.6. The van der Waals surface area contributed by atoms with Crippen molar-refractivity contribution in [1.82, 2.24) is 10.5 Å². The van der Waals surface area contributed by atoms with Crippen LogP contribution in [0.1, 0.15) is 39.5 Å². The molecule has 0 bridgehead atoms. The monoisotopic (exact) mass is 313 g/mol. The zero-order chi connectivity index (χ0) is 17.0. The summed E-state index contributed by atoms with van der Waals surface area (Å²) in [6, 6.07) is 8.45. The molecule has 1 atom stereocenters. The van der Waals surface area contributed by atoms with Crippen LogP contribution in [0, 0.1) is 6.57 Å². The van der Waals surface area contributed by atoms with Crippen molar-refractivity contribution in [3.05, 3.63) is 47.5 Å². The largest absolute Gasteiger partial charge is 0.444 e. The molecule has 1 N–H and O–H groups in total. The first-order valence-corrected chi connectivity index (χ1v) is 7.22. The molecule has 0 spiro atoms. The van der Waals surface area contributed by atoms with Crippen molar-refractivity contribution in [2.45, 2.75) is 39.3 Å².